The minimum absolute atomic E-state index is 0.0227. The van der Waals surface area contributed by atoms with Crippen molar-refractivity contribution in [3.05, 3.63) is 70.8 Å². The molecule has 2 fully saturated rings. The predicted octanol–water partition coefficient (Wildman–Crippen LogP) is 7.42. The number of hydrogen-bond acceptors (Lipinski definition) is 5. The van der Waals surface area contributed by atoms with E-state index in [2.05, 4.69) is 32.9 Å². The monoisotopic (exact) mass is 531 g/mol. The van der Waals surface area contributed by atoms with Crippen LogP contribution in [0.15, 0.2) is 59.6 Å². The predicted molar refractivity (Wildman–Crippen MR) is 156 cm³/mol. The van der Waals surface area contributed by atoms with Gasteiger partial charge in [-0.3, -0.25) is 9.69 Å². The van der Waals surface area contributed by atoms with Crippen LogP contribution in [0.3, 0.4) is 0 Å². The zero-order chi connectivity index (χ0) is 25.9. The average Bonchev–Trinajstić information content (AvgIpc) is 3.44. The molecule has 1 aliphatic heterocycles. The first-order valence-corrected chi connectivity index (χ1v) is 14.3. The van der Waals surface area contributed by atoms with Crippen molar-refractivity contribution in [3.8, 4) is 22.7 Å². The number of amides is 1. The summed E-state index contributed by atoms with van der Waals surface area (Å²) in [5.41, 5.74) is 4.78. The summed E-state index contributed by atoms with van der Waals surface area (Å²) in [6.45, 7) is 7.03. The lowest BCUT2D eigenvalue weighted by atomic mass is 9.94. The molecule has 3 aromatic rings. The van der Waals surface area contributed by atoms with Crippen molar-refractivity contribution in [3.63, 3.8) is 0 Å². The number of hydrogen-bond donors (Lipinski definition) is 0. The van der Waals surface area contributed by atoms with Crippen molar-refractivity contribution < 1.29 is 9.53 Å². The Kier molecular flexibility index (Phi) is 7.81. The molecule has 5 rings (SSSR count). The molecule has 2 heterocycles. The molecule has 1 aromatic heterocycles. The molecular weight excluding hydrogens is 498 g/mol. The van der Waals surface area contributed by atoms with Crippen LogP contribution in [0.1, 0.15) is 57.1 Å². The second kappa shape index (κ2) is 11.2. The molecule has 2 aromatic carbocycles. The maximum atomic E-state index is 13.5. The van der Waals surface area contributed by atoms with Gasteiger partial charge in [0.2, 0.25) is 0 Å². The van der Waals surface area contributed by atoms with Crippen LogP contribution in [0, 0.1) is 12.8 Å². The Morgan fingerprint density at radius 2 is 1.89 bits per heavy atom. The number of benzene rings is 2. The summed E-state index contributed by atoms with van der Waals surface area (Å²) in [4.78, 5) is 16.0. The van der Waals surface area contributed by atoms with Crippen molar-refractivity contribution in [2.24, 2.45) is 5.92 Å². The van der Waals surface area contributed by atoms with Gasteiger partial charge in [-0.2, -0.15) is 5.10 Å². The van der Waals surface area contributed by atoms with Crippen molar-refractivity contribution >= 4 is 40.3 Å². The van der Waals surface area contributed by atoms with Crippen molar-refractivity contribution in [1.82, 2.24) is 14.7 Å². The quantitative estimate of drug-likeness (QED) is 0.235. The molecule has 0 bridgehead atoms. The van der Waals surface area contributed by atoms with Gasteiger partial charge in [0.25, 0.3) is 5.91 Å². The number of para-hydroxylation sites is 1. The Morgan fingerprint density at radius 3 is 2.59 bits per heavy atom. The molecule has 0 radical (unpaired) electrons. The summed E-state index contributed by atoms with van der Waals surface area (Å²) in [5.74, 6) is 1.34. The molecule has 0 unspecified atom stereocenters. The van der Waals surface area contributed by atoms with Crippen LogP contribution in [-0.4, -0.2) is 37.6 Å². The molecule has 192 valence electrons. The van der Waals surface area contributed by atoms with Gasteiger partial charge in [0.1, 0.15) is 15.8 Å². The summed E-state index contributed by atoms with van der Waals surface area (Å²) in [7, 11) is 0. The van der Waals surface area contributed by atoms with Crippen LogP contribution >= 0.6 is 24.0 Å². The maximum Gasteiger partial charge on any atom is 0.266 e. The average molecular weight is 532 g/mol. The van der Waals surface area contributed by atoms with Crippen molar-refractivity contribution in [1.29, 1.82) is 0 Å². The first-order valence-electron chi connectivity index (χ1n) is 13.1. The van der Waals surface area contributed by atoms with E-state index in [1.165, 1.54) is 18.2 Å². The van der Waals surface area contributed by atoms with Crippen LogP contribution < -0.4 is 4.74 Å². The SMILES string of the molecule is Cc1cc(OCC(C)C)ccc1-c1nn(-c2ccccc2)cc1C=C1SC(=S)N(C2CCCCC2)C1=O. The Morgan fingerprint density at radius 1 is 1.14 bits per heavy atom. The van der Waals surface area contributed by atoms with E-state index in [0.29, 0.717) is 21.8 Å². The number of nitrogens with zero attached hydrogens (tertiary/aromatic N) is 3. The van der Waals surface area contributed by atoms with Crippen LogP contribution in [0.4, 0.5) is 0 Å². The summed E-state index contributed by atoms with van der Waals surface area (Å²) >= 11 is 7.08. The van der Waals surface area contributed by atoms with E-state index in [1.54, 1.807) is 0 Å². The van der Waals surface area contributed by atoms with Crippen LogP contribution in [0.5, 0.6) is 5.75 Å². The summed E-state index contributed by atoms with van der Waals surface area (Å²) in [6, 6.07) is 16.4. The third kappa shape index (κ3) is 5.68. The zero-order valence-electron chi connectivity index (χ0n) is 21.6. The van der Waals surface area contributed by atoms with Crippen LogP contribution in [0.25, 0.3) is 23.0 Å². The van der Waals surface area contributed by atoms with Crippen molar-refractivity contribution in [2.75, 3.05) is 6.61 Å². The number of rotatable bonds is 7. The van der Waals surface area contributed by atoms with E-state index >= 15 is 0 Å². The van der Waals surface area contributed by atoms with Gasteiger partial charge in [0.05, 0.1) is 17.2 Å². The third-order valence-electron chi connectivity index (χ3n) is 6.85. The van der Waals surface area contributed by atoms with E-state index < -0.39 is 0 Å². The summed E-state index contributed by atoms with van der Waals surface area (Å²) < 4.78 is 8.49. The molecule has 37 heavy (non-hydrogen) atoms. The van der Waals surface area contributed by atoms with Gasteiger partial charge in [-0.15, -0.1) is 0 Å². The minimum atomic E-state index is 0.0227. The topological polar surface area (TPSA) is 47.4 Å². The number of thioether (sulfide) groups is 1. The first kappa shape index (κ1) is 25.7. The highest BCUT2D eigenvalue weighted by molar-refractivity contribution is 8.26. The molecule has 0 atom stereocenters. The Balaban J connectivity index is 1.52. The highest BCUT2D eigenvalue weighted by Gasteiger charge is 2.37. The Hall–Kier alpha value is -2.90. The molecule has 5 nitrogen and oxygen atoms in total. The fourth-order valence-electron chi connectivity index (χ4n) is 4.94. The number of aromatic nitrogens is 2. The molecule has 2 aliphatic rings. The minimum Gasteiger partial charge on any atom is -0.493 e. The fourth-order valence-corrected chi connectivity index (χ4v) is 6.34. The lowest BCUT2D eigenvalue weighted by Crippen LogP contribution is -2.39. The Bertz CT molecular complexity index is 1320. The zero-order valence-corrected chi connectivity index (χ0v) is 23.3. The lowest BCUT2D eigenvalue weighted by Gasteiger charge is -2.29. The van der Waals surface area contributed by atoms with Gasteiger partial charge >= 0.3 is 0 Å². The third-order valence-corrected chi connectivity index (χ3v) is 8.18. The van der Waals surface area contributed by atoms with Gasteiger partial charge in [-0.1, -0.05) is 75.3 Å². The van der Waals surface area contributed by atoms with Crippen molar-refractivity contribution in [2.45, 2.75) is 58.9 Å². The Labute approximate surface area is 228 Å². The first-order chi connectivity index (χ1) is 17.9. The molecule has 7 heteroatoms. The smallest absolute Gasteiger partial charge is 0.266 e. The molecule has 1 saturated heterocycles. The summed E-state index contributed by atoms with van der Waals surface area (Å²) in [5, 5.41) is 4.97. The highest BCUT2D eigenvalue weighted by Crippen LogP contribution is 2.39. The summed E-state index contributed by atoms with van der Waals surface area (Å²) in [6.07, 6.45) is 9.58. The molecule has 1 aliphatic carbocycles. The largest absolute Gasteiger partial charge is 0.493 e. The maximum absolute atomic E-state index is 13.5. The van der Waals surface area contributed by atoms with Crippen LogP contribution in [-0.2, 0) is 4.79 Å². The molecule has 1 saturated carbocycles. The molecule has 0 spiro atoms. The van der Waals surface area contributed by atoms with E-state index in [-0.39, 0.29) is 11.9 Å². The molecular formula is C30H33N3O2S2. The van der Waals surface area contributed by atoms with Gasteiger partial charge in [0, 0.05) is 23.4 Å². The standard InChI is InChI=1S/C30H33N3O2S2/c1-20(2)19-35-25-14-15-26(21(3)16-25)28-22(18-32(31-28)23-10-6-4-7-11-23)17-27-29(34)33(30(36)37-27)24-12-8-5-9-13-24/h4,6-7,10-11,14-18,20,24H,5,8-9,12-13,19H2,1-3H3. The molecule has 1 amide bonds. The van der Waals surface area contributed by atoms with E-state index in [4.69, 9.17) is 22.1 Å². The van der Waals surface area contributed by atoms with E-state index in [9.17, 15) is 4.79 Å². The van der Waals surface area contributed by atoms with Gasteiger partial charge in [-0.05, 0) is 67.7 Å². The fraction of sp³-hybridized carbons (Fsp3) is 0.367. The van der Waals surface area contributed by atoms with E-state index in [0.717, 1.165) is 59.5 Å². The van der Waals surface area contributed by atoms with Gasteiger partial charge in [-0.25, -0.2) is 4.68 Å². The van der Waals surface area contributed by atoms with Gasteiger partial charge < -0.3 is 4.74 Å². The normalized spacial score (nSPS) is 17.8. The number of aryl methyl sites for hydroxylation is 1. The number of ether oxygens (including phenoxy) is 1. The van der Waals surface area contributed by atoms with E-state index in [1.807, 2.05) is 58.3 Å². The number of carbonyl (C=O) groups excluding carboxylic acids is 1. The second-order valence-corrected chi connectivity index (χ2v) is 11.9. The van der Waals surface area contributed by atoms with Crippen LogP contribution in [0.2, 0.25) is 0 Å². The lowest BCUT2D eigenvalue weighted by molar-refractivity contribution is -0.124. The number of carbonyl (C=O) groups is 1. The highest BCUT2D eigenvalue weighted by atomic mass is 32.2. The molecule has 0 N–H and O–H groups in total. The number of thiocarbonyl (C=S) groups is 1. The second-order valence-electron chi connectivity index (χ2n) is 10.2. The van der Waals surface area contributed by atoms with Gasteiger partial charge in [0.15, 0.2) is 0 Å².